The molecule has 0 N–H and O–H groups in total. The quantitative estimate of drug-likeness (QED) is 0.461. The highest BCUT2D eigenvalue weighted by Crippen LogP contribution is 2.47. The lowest BCUT2D eigenvalue weighted by Gasteiger charge is -2.30. The van der Waals surface area contributed by atoms with Gasteiger partial charge in [0.05, 0.1) is 17.7 Å². The fourth-order valence-corrected chi connectivity index (χ4v) is 4.59. The summed E-state index contributed by atoms with van der Waals surface area (Å²) in [5, 5.41) is 4.56. The summed E-state index contributed by atoms with van der Waals surface area (Å²) in [6, 6.07) is 9.64. The van der Waals surface area contributed by atoms with Gasteiger partial charge < -0.3 is 13.9 Å². The number of ketones is 1. The number of hydrogen-bond donors (Lipinski definition) is 0. The third-order valence-corrected chi connectivity index (χ3v) is 6.38. The normalized spacial score (nSPS) is 17.6. The second kappa shape index (κ2) is 7.58. The van der Waals surface area contributed by atoms with Gasteiger partial charge in [-0.25, -0.2) is 14.5 Å². The number of carbonyl (C=O) groups is 1. The summed E-state index contributed by atoms with van der Waals surface area (Å²) >= 11 is 0. The lowest BCUT2D eigenvalue weighted by molar-refractivity contribution is -0.116. The fourth-order valence-electron chi connectivity index (χ4n) is 4.59. The van der Waals surface area contributed by atoms with Crippen LogP contribution >= 0.6 is 0 Å². The van der Waals surface area contributed by atoms with Crippen LogP contribution in [-0.4, -0.2) is 25.4 Å². The van der Waals surface area contributed by atoms with Gasteiger partial charge in [0.1, 0.15) is 30.2 Å². The van der Waals surface area contributed by atoms with Crippen molar-refractivity contribution in [3.05, 3.63) is 82.5 Å². The largest absolute Gasteiger partial charge is 0.485 e. The number of Topliss-reactive ketones (excluding diaryl/α,β-unsaturated/α-hetero) is 1. The maximum absolute atomic E-state index is 12.9. The highest BCUT2D eigenvalue weighted by Gasteiger charge is 2.40. The average Bonchev–Trinajstić information content (AvgIpc) is 3.49. The van der Waals surface area contributed by atoms with Crippen LogP contribution in [0.1, 0.15) is 53.5 Å². The van der Waals surface area contributed by atoms with Gasteiger partial charge in [-0.05, 0) is 49.6 Å². The van der Waals surface area contributed by atoms with Gasteiger partial charge >= 0.3 is 0 Å². The Labute approximate surface area is 189 Å². The third-order valence-electron chi connectivity index (χ3n) is 6.38. The molecule has 3 aromatic heterocycles. The van der Waals surface area contributed by atoms with Crippen LogP contribution in [0, 0.1) is 13.8 Å². The van der Waals surface area contributed by atoms with Crippen LogP contribution in [0.25, 0.3) is 5.65 Å². The smallest absolute Gasteiger partial charge is 0.228 e. The monoisotopic (exact) mass is 442 g/mol. The van der Waals surface area contributed by atoms with Gasteiger partial charge in [0.25, 0.3) is 0 Å². The van der Waals surface area contributed by atoms with Gasteiger partial charge in [0, 0.05) is 18.4 Å². The summed E-state index contributed by atoms with van der Waals surface area (Å²) in [5.41, 5.74) is 4.14. The molecule has 2 aliphatic rings. The Morgan fingerprint density at radius 3 is 2.94 bits per heavy atom. The Bertz CT molecular complexity index is 1420. The van der Waals surface area contributed by atoms with E-state index in [4.69, 9.17) is 18.9 Å². The second-order valence-corrected chi connectivity index (χ2v) is 8.41. The molecule has 0 saturated heterocycles. The topological polar surface area (TPSA) is 91.8 Å². The maximum atomic E-state index is 12.9. The fraction of sp³-hybridized carbons (Fsp3) is 0.280. The van der Waals surface area contributed by atoms with E-state index in [-0.39, 0.29) is 12.4 Å². The zero-order chi connectivity index (χ0) is 22.5. The van der Waals surface area contributed by atoms with Gasteiger partial charge in [-0.3, -0.25) is 4.79 Å². The number of benzene rings is 1. The van der Waals surface area contributed by atoms with Crippen molar-refractivity contribution in [2.45, 2.75) is 45.6 Å². The summed E-state index contributed by atoms with van der Waals surface area (Å²) in [4.78, 5) is 22.2. The molecule has 8 nitrogen and oxygen atoms in total. The maximum Gasteiger partial charge on any atom is 0.228 e. The molecule has 33 heavy (non-hydrogen) atoms. The van der Waals surface area contributed by atoms with Crippen LogP contribution in [0.15, 0.2) is 58.7 Å². The molecule has 1 aliphatic heterocycles. The van der Waals surface area contributed by atoms with Gasteiger partial charge in [0.15, 0.2) is 17.3 Å². The molecule has 4 heterocycles. The Kier molecular flexibility index (Phi) is 4.53. The van der Waals surface area contributed by atoms with Crippen molar-refractivity contribution in [1.82, 2.24) is 19.6 Å². The van der Waals surface area contributed by atoms with E-state index in [0.29, 0.717) is 52.8 Å². The predicted molar refractivity (Wildman–Crippen MR) is 118 cm³/mol. The summed E-state index contributed by atoms with van der Waals surface area (Å²) in [7, 11) is 0. The number of aromatic nitrogens is 4. The molecule has 0 amide bonds. The first-order chi connectivity index (χ1) is 16.1. The van der Waals surface area contributed by atoms with Crippen molar-refractivity contribution >= 4 is 11.4 Å². The standard InChI is InChI=1S/C25H22N4O4/c1-14-6-3-8-17(15(14)2)32-12-20-27-24-23-22(18-10-5-11-31-18)21-16(30)7-4-9-19(21)33-25(23)26-13-29(24)28-20/h3,5-6,8,10-11,13,22H,4,7,9,12H2,1-2H3/t22-/m0/s1. The molecule has 0 fully saturated rings. The van der Waals surface area contributed by atoms with Gasteiger partial charge in [-0.2, -0.15) is 0 Å². The number of aryl methyl sites for hydroxylation is 1. The number of ether oxygens (including phenoxy) is 2. The van der Waals surface area contributed by atoms with E-state index in [0.717, 1.165) is 23.3 Å². The van der Waals surface area contributed by atoms with Crippen LogP contribution in [0.5, 0.6) is 11.6 Å². The van der Waals surface area contributed by atoms with Crippen molar-refractivity contribution in [3.8, 4) is 11.6 Å². The summed E-state index contributed by atoms with van der Waals surface area (Å²) in [6.07, 6.45) is 5.15. The van der Waals surface area contributed by atoms with E-state index < -0.39 is 5.92 Å². The number of rotatable bonds is 4. The Morgan fingerprint density at radius 2 is 2.09 bits per heavy atom. The van der Waals surface area contributed by atoms with Gasteiger partial charge in [0.2, 0.25) is 5.88 Å². The van der Waals surface area contributed by atoms with Gasteiger partial charge in [-0.1, -0.05) is 12.1 Å². The number of allylic oxidation sites excluding steroid dienone is 2. The van der Waals surface area contributed by atoms with Crippen molar-refractivity contribution in [1.29, 1.82) is 0 Å². The van der Waals surface area contributed by atoms with Crippen LogP contribution in [0.4, 0.5) is 0 Å². The molecular formula is C25H22N4O4. The lowest BCUT2D eigenvalue weighted by Crippen LogP contribution is -2.26. The third kappa shape index (κ3) is 3.21. The van der Waals surface area contributed by atoms with E-state index in [9.17, 15) is 4.79 Å². The highest BCUT2D eigenvalue weighted by atomic mass is 16.5. The Balaban J connectivity index is 1.43. The minimum absolute atomic E-state index is 0.0725. The zero-order valence-corrected chi connectivity index (χ0v) is 18.4. The van der Waals surface area contributed by atoms with Crippen LogP contribution in [0.3, 0.4) is 0 Å². The molecular weight excluding hydrogens is 420 g/mol. The summed E-state index contributed by atoms with van der Waals surface area (Å²) in [5.74, 6) is 2.73. The molecule has 0 bridgehead atoms. The Morgan fingerprint density at radius 1 is 1.18 bits per heavy atom. The Hall–Kier alpha value is -3.94. The van der Waals surface area contributed by atoms with Crippen molar-refractivity contribution < 1.29 is 18.7 Å². The molecule has 0 saturated carbocycles. The number of hydrogen-bond acceptors (Lipinski definition) is 7. The molecule has 4 aromatic rings. The molecule has 0 radical (unpaired) electrons. The zero-order valence-electron chi connectivity index (χ0n) is 18.4. The van der Waals surface area contributed by atoms with E-state index in [1.807, 2.05) is 44.2 Å². The minimum Gasteiger partial charge on any atom is -0.485 e. The van der Waals surface area contributed by atoms with Crippen molar-refractivity contribution in [2.75, 3.05) is 0 Å². The first-order valence-corrected chi connectivity index (χ1v) is 11.0. The summed E-state index contributed by atoms with van der Waals surface area (Å²) in [6.45, 7) is 4.29. The lowest BCUT2D eigenvalue weighted by atomic mass is 9.80. The van der Waals surface area contributed by atoms with E-state index in [1.54, 1.807) is 17.1 Å². The van der Waals surface area contributed by atoms with E-state index >= 15 is 0 Å². The van der Waals surface area contributed by atoms with Gasteiger partial charge in [-0.15, -0.1) is 5.10 Å². The molecule has 8 heteroatoms. The molecule has 1 aromatic carbocycles. The number of nitrogens with zero attached hydrogens (tertiary/aromatic N) is 4. The van der Waals surface area contributed by atoms with E-state index in [2.05, 4.69) is 10.1 Å². The summed E-state index contributed by atoms with van der Waals surface area (Å²) < 4.78 is 19.5. The number of fused-ring (bicyclic) bond motifs is 3. The number of carbonyl (C=O) groups excluding carboxylic acids is 1. The van der Waals surface area contributed by atoms with Crippen molar-refractivity contribution in [2.24, 2.45) is 0 Å². The minimum atomic E-state index is -0.431. The van der Waals surface area contributed by atoms with Crippen LogP contribution in [-0.2, 0) is 11.4 Å². The highest BCUT2D eigenvalue weighted by molar-refractivity contribution is 5.99. The SMILES string of the molecule is Cc1cccc(OCc2nc3c4c(ncn3n2)OC2=C(C(=O)CCC2)[C@@H]4c2ccco2)c1C. The first-order valence-electron chi connectivity index (χ1n) is 11.0. The van der Waals surface area contributed by atoms with Crippen LogP contribution < -0.4 is 9.47 Å². The second-order valence-electron chi connectivity index (χ2n) is 8.41. The molecule has 0 spiro atoms. The average molecular weight is 442 g/mol. The van der Waals surface area contributed by atoms with Crippen molar-refractivity contribution in [3.63, 3.8) is 0 Å². The molecule has 166 valence electrons. The predicted octanol–water partition coefficient (Wildman–Crippen LogP) is 4.44. The molecule has 6 rings (SSSR count). The molecule has 0 unspecified atom stereocenters. The molecule has 1 atom stereocenters. The number of furan rings is 1. The van der Waals surface area contributed by atoms with Crippen LogP contribution in [0.2, 0.25) is 0 Å². The first kappa shape index (κ1) is 19.7. The van der Waals surface area contributed by atoms with E-state index in [1.165, 1.54) is 0 Å². The molecule has 1 aliphatic carbocycles.